The average Bonchev–Trinajstić information content (AvgIpc) is 3.41. The van der Waals surface area contributed by atoms with Crippen molar-refractivity contribution in [2.24, 2.45) is 5.92 Å². The van der Waals surface area contributed by atoms with Gasteiger partial charge in [0.25, 0.3) is 5.91 Å². The summed E-state index contributed by atoms with van der Waals surface area (Å²) in [5.41, 5.74) is 1.80. The lowest BCUT2D eigenvalue weighted by atomic mass is 10.1. The molecule has 0 N–H and O–H groups in total. The first-order valence-corrected chi connectivity index (χ1v) is 10.2. The molecule has 146 valence electrons. The van der Waals surface area contributed by atoms with Crippen LogP contribution in [0.1, 0.15) is 52.6 Å². The van der Waals surface area contributed by atoms with Crippen LogP contribution in [0.25, 0.3) is 0 Å². The Morgan fingerprint density at radius 3 is 2.63 bits per heavy atom. The number of hydrogen-bond acceptors (Lipinski definition) is 5. The Labute approximate surface area is 165 Å². The molecule has 1 aliphatic carbocycles. The molecule has 3 rings (SSSR count). The van der Waals surface area contributed by atoms with Crippen LogP contribution in [0.4, 0.5) is 0 Å². The van der Waals surface area contributed by atoms with Gasteiger partial charge in [-0.25, -0.2) is 4.98 Å². The molecule has 1 fully saturated rings. The molecule has 0 aliphatic heterocycles. The van der Waals surface area contributed by atoms with E-state index >= 15 is 0 Å². The lowest BCUT2D eigenvalue weighted by Crippen LogP contribution is -2.32. The van der Waals surface area contributed by atoms with E-state index in [1.165, 1.54) is 11.3 Å². The largest absolute Gasteiger partial charge is 0.497 e. The highest BCUT2D eigenvalue weighted by atomic mass is 32.1. The fourth-order valence-electron chi connectivity index (χ4n) is 3.16. The Balaban J connectivity index is 1.86. The lowest BCUT2D eigenvalue weighted by molar-refractivity contribution is 0.0732. The number of amides is 1. The second kappa shape index (κ2) is 8.30. The second-order valence-electron chi connectivity index (χ2n) is 7.46. The first-order valence-electron chi connectivity index (χ1n) is 9.41. The fourth-order valence-corrected chi connectivity index (χ4v) is 4.39. The van der Waals surface area contributed by atoms with E-state index in [0.29, 0.717) is 18.5 Å². The second-order valence-corrected chi connectivity index (χ2v) is 8.55. The summed E-state index contributed by atoms with van der Waals surface area (Å²) in [6.45, 7) is 6.79. The van der Waals surface area contributed by atoms with Gasteiger partial charge in [0, 0.05) is 18.0 Å². The molecule has 0 saturated heterocycles. The van der Waals surface area contributed by atoms with Crippen LogP contribution in [0.3, 0.4) is 0 Å². The Morgan fingerprint density at radius 2 is 2.04 bits per heavy atom. The predicted octanol–water partition coefficient (Wildman–Crippen LogP) is 4.47. The van der Waals surface area contributed by atoms with Crippen molar-refractivity contribution in [2.45, 2.75) is 52.6 Å². The summed E-state index contributed by atoms with van der Waals surface area (Å²) < 4.78 is 10.8. The third kappa shape index (κ3) is 4.61. The number of benzene rings is 1. The van der Waals surface area contributed by atoms with Gasteiger partial charge in [-0.05, 0) is 43.9 Å². The van der Waals surface area contributed by atoms with Crippen molar-refractivity contribution < 1.29 is 14.3 Å². The molecule has 0 unspecified atom stereocenters. The highest BCUT2D eigenvalue weighted by molar-refractivity contribution is 7.13. The monoisotopic (exact) mass is 388 g/mol. The summed E-state index contributed by atoms with van der Waals surface area (Å²) in [6.07, 6.45) is 3.01. The Kier molecular flexibility index (Phi) is 6.05. The maximum absolute atomic E-state index is 13.3. The zero-order chi connectivity index (χ0) is 19.6. The van der Waals surface area contributed by atoms with Crippen LogP contribution in [-0.2, 0) is 13.0 Å². The Bertz CT molecular complexity index is 812. The van der Waals surface area contributed by atoms with Crippen molar-refractivity contribution in [3.8, 4) is 11.5 Å². The van der Waals surface area contributed by atoms with Gasteiger partial charge in [0.15, 0.2) is 0 Å². The highest BCUT2D eigenvalue weighted by Crippen LogP contribution is 2.34. The number of methoxy groups -OCH3 is 2. The topological polar surface area (TPSA) is 51.7 Å². The Hall–Kier alpha value is -2.08. The zero-order valence-electron chi connectivity index (χ0n) is 16.7. The van der Waals surface area contributed by atoms with E-state index in [1.54, 1.807) is 14.2 Å². The van der Waals surface area contributed by atoms with E-state index in [1.807, 2.05) is 30.0 Å². The van der Waals surface area contributed by atoms with Crippen molar-refractivity contribution in [3.05, 3.63) is 39.3 Å². The smallest absolute Gasteiger partial charge is 0.266 e. The standard InChI is InChI=1S/C21H28N2O3S/c1-13(2)10-19-22-14(3)20(27-19)21(24)23(16-6-7-16)12-15-11-17(25-4)8-9-18(15)26-5/h8-9,11,13,16H,6-7,10,12H2,1-5H3. The van der Waals surface area contributed by atoms with Crippen LogP contribution in [-0.4, -0.2) is 36.1 Å². The summed E-state index contributed by atoms with van der Waals surface area (Å²) in [4.78, 5) is 20.7. The van der Waals surface area contributed by atoms with Crippen LogP contribution in [0.15, 0.2) is 18.2 Å². The van der Waals surface area contributed by atoms with Crippen molar-refractivity contribution in [3.63, 3.8) is 0 Å². The summed E-state index contributed by atoms with van der Waals surface area (Å²) in [5.74, 6) is 2.14. The first kappa shape index (κ1) is 19.7. The molecule has 1 saturated carbocycles. The molecular weight excluding hydrogens is 360 g/mol. The van der Waals surface area contributed by atoms with E-state index in [2.05, 4.69) is 18.8 Å². The van der Waals surface area contributed by atoms with E-state index in [4.69, 9.17) is 9.47 Å². The summed E-state index contributed by atoms with van der Waals surface area (Å²) in [7, 11) is 3.30. The van der Waals surface area contributed by atoms with E-state index < -0.39 is 0 Å². The molecule has 0 spiro atoms. The van der Waals surface area contributed by atoms with Crippen LogP contribution < -0.4 is 9.47 Å². The van der Waals surface area contributed by atoms with Crippen molar-refractivity contribution in [1.82, 2.24) is 9.88 Å². The minimum Gasteiger partial charge on any atom is -0.497 e. The number of hydrogen-bond donors (Lipinski definition) is 0. The SMILES string of the molecule is COc1ccc(OC)c(CN(C(=O)c2sc(CC(C)C)nc2C)C2CC2)c1. The number of thiazole rings is 1. The maximum Gasteiger partial charge on any atom is 0.266 e. The van der Waals surface area contributed by atoms with Gasteiger partial charge in [0.1, 0.15) is 16.4 Å². The first-order chi connectivity index (χ1) is 12.9. The number of nitrogens with zero attached hydrogens (tertiary/aromatic N) is 2. The van der Waals surface area contributed by atoms with Crippen molar-refractivity contribution in [2.75, 3.05) is 14.2 Å². The van der Waals surface area contributed by atoms with Gasteiger partial charge in [0.05, 0.1) is 31.5 Å². The molecule has 1 aliphatic rings. The summed E-state index contributed by atoms with van der Waals surface area (Å²) >= 11 is 1.54. The molecule has 1 aromatic heterocycles. The number of carbonyl (C=O) groups excluding carboxylic acids is 1. The Morgan fingerprint density at radius 1 is 1.30 bits per heavy atom. The molecule has 0 atom stereocenters. The molecule has 0 bridgehead atoms. The highest BCUT2D eigenvalue weighted by Gasteiger charge is 2.35. The number of carbonyl (C=O) groups is 1. The molecule has 6 heteroatoms. The van der Waals surface area contributed by atoms with Crippen LogP contribution in [0.2, 0.25) is 0 Å². The zero-order valence-corrected chi connectivity index (χ0v) is 17.6. The third-order valence-electron chi connectivity index (χ3n) is 4.69. The van der Waals surface area contributed by atoms with Gasteiger partial charge in [-0.2, -0.15) is 0 Å². The summed E-state index contributed by atoms with van der Waals surface area (Å²) in [6, 6.07) is 6.01. The summed E-state index contributed by atoms with van der Waals surface area (Å²) in [5, 5.41) is 1.04. The normalized spacial score (nSPS) is 13.7. The molecule has 5 nitrogen and oxygen atoms in total. The third-order valence-corrected chi connectivity index (χ3v) is 5.86. The number of aromatic nitrogens is 1. The van der Waals surface area contributed by atoms with Crippen LogP contribution in [0, 0.1) is 12.8 Å². The van der Waals surface area contributed by atoms with Crippen molar-refractivity contribution in [1.29, 1.82) is 0 Å². The minimum absolute atomic E-state index is 0.0763. The average molecular weight is 389 g/mol. The number of aryl methyl sites for hydroxylation is 1. The molecule has 2 aromatic rings. The van der Waals surface area contributed by atoms with E-state index in [0.717, 1.165) is 51.9 Å². The molecule has 1 aromatic carbocycles. The van der Waals surface area contributed by atoms with Crippen LogP contribution >= 0.6 is 11.3 Å². The quantitative estimate of drug-likeness (QED) is 0.669. The number of ether oxygens (including phenoxy) is 2. The van der Waals surface area contributed by atoms with Gasteiger partial charge >= 0.3 is 0 Å². The van der Waals surface area contributed by atoms with Crippen molar-refractivity contribution >= 4 is 17.2 Å². The van der Waals surface area contributed by atoms with Gasteiger partial charge in [-0.3, -0.25) is 4.79 Å². The maximum atomic E-state index is 13.3. The van der Waals surface area contributed by atoms with E-state index in [9.17, 15) is 4.79 Å². The molecular formula is C21H28N2O3S. The lowest BCUT2D eigenvalue weighted by Gasteiger charge is -2.23. The molecule has 0 radical (unpaired) electrons. The van der Waals surface area contributed by atoms with E-state index in [-0.39, 0.29) is 5.91 Å². The molecule has 1 amide bonds. The van der Waals surface area contributed by atoms with Gasteiger partial charge in [0.2, 0.25) is 0 Å². The van der Waals surface area contributed by atoms with Gasteiger partial charge in [-0.15, -0.1) is 11.3 Å². The molecule has 27 heavy (non-hydrogen) atoms. The van der Waals surface area contributed by atoms with Crippen LogP contribution in [0.5, 0.6) is 11.5 Å². The van der Waals surface area contributed by atoms with Gasteiger partial charge in [-0.1, -0.05) is 13.8 Å². The molecule has 1 heterocycles. The predicted molar refractivity (Wildman–Crippen MR) is 108 cm³/mol. The fraction of sp³-hybridized carbons (Fsp3) is 0.524. The minimum atomic E-state index is 0.0763. The number of rotatable bonds is 8. The van der Waals surface area contributed by atoms with Gasteiger partial charge < -0.3 is 14.4 Å².